The summed E-state index contributed by atoms with van der Waals surface area (Å²) in [4.78, 5) is 39.5. The molecule has 1 aliphatic rings. The van der Waals surface area contributed by atoms with Crippen molar-refractivity contribution in [3.05, 3.63) is 60.4 Å². The minimum absolute atomic E-state index is 0.278. The van der Waals surface area contributed by atoms with Gasteiger partial charge in [-0.05, 0) is 77.4 Å². The zero-order valence-electron chi connectivity index (χ0n) is 26.1. The molecule has 2 N–H and O–H groups in total. The Bertz CT molecular complexity index is 1750. The maximum Gasteiger partial charge on any atom is 0.342 e. The molecule has 3 heterocycles. The average Bonchev–Trinajstić information content (AvgIpc) is 3.54. The van der Waals surface area contributed by atoms with E-state index in [-0.39, 0.29) is 17.6 Å². The Hall–Kier alpha value is -4.88. The number of nitrogens with one attached hydrogen (secondary N) is 2. The highest BCUT2D eigenvalue weighted by Gasteiger charge is 2.24. The lowest BCUT2D eigenvalue weighted by Crippen LogP contribution is -2.37. The van der Waals surface area contributed by atoms with Gasteiger partial charge in [-0.2, -0.15) is 0 Å². The summed E-state index contributed by atoms with van der Waals surface area (Å²) in [6.45, 7) is 7.17. The van der Waals surface area contributed by atoms with E-state index in [1.807, 2.05) is 81.2 Å². The molecule has 1 aliphatic heterocycles. The van der Waals surface area contributed by atoms with Crippen molar-refractivity contribution in [2.75, 3.05) is 42.7 Å². The Morgan fingerprint density at radius 1 is 1.18 bits per heavy atom. The molecular weight excluding hydrogens is 554 g/mol. The number of amides is 1. The van der Waals surface area contributed by atoms with E-state index in [9.17, 15) is 9.59 Å². The topological polar surface area (TPSA) is 105 Å². The Morgan fingerprint density at radius 2 is 1.98 bits per heavy atom. The molecule has 2 aromatic heterocycles. The summed E-state index contributed by atoms with van der Waals surface area (Å²) in [5, 5.41) is 7.18. The number of aryl methyl sites for hydroxylation is 1. The van der Waals surface area contributed by atoms with Crippen molar-refractivity contribution in [2.24, 2.45) is 7.05 Å². The number of aromatic nitrogens is 3. The summed E-state index contributed by atoms with van der Waals surface area (Å²) in [6.07, 6.45) is 5.48. The lowest BCUT2D eigenvalue weighted by molar-refractivity contribution is -0.111. The van der Waals surface area contributed by atoms with Crippen LogP contribution in [0, 0.1) is 11.8 Å². The molecule has 2 aromatic carbocycles. The van der Waals surface area contributed by atoms with E-state index < -0.39 is 5.97 Å². The van der Waals surface area contributed by atoms with Gasteiger partial charge in [0.25, 0.3) is 5.91 Å². The summed E-state index contributed by atoms with van der Waals surface area (Å²) in [7, 11) is 6.14. The number of fused-ring (bicyclic) bond motifs is 1. The molecule has 1 saturated heterocycles. The second kappa shape index (κ2) is 13.2. The average molecular weight is 594 g/mol. The predicted molar refractivity (Wildman–Crippen MR) is 175 cm³/mol. The molecule has 1 fully saturated rings. The van der Waals surface area contributed by atoms with Crippen molar-refractivity contribution >= 4 is 45.8 Å². The number of rotatable bonds is 9. The number of ether oxygens (including phenoxy) is 1. The number of carbonyl (C=O) groups is 2. The maximum atomic E-state index is 13.1. The van der Waals surface area contributed by atoms with E-state index in [4.69, 9.17) is 9.72 Å². The second-order valence-corrected chi connectivity index (χ2v) is 11.4. The SMILES string of the molecule is CC#CC(=O)Nc1cc(Nc2ncc(C(=O)OC(C)C)c(-c3cn(C)c4ccccc34)n2)ccc1N(C)CC1CCCN1C. The second-order valence-electron chi connectivity index (χ2n) is 11.4. The van der Waals surface area contributed by atoms with Gasteiger partial charge in [0.05, 0.1) is 23.2 Å². The summed E-state index contributed by atoms with van der Waals surface area (Å²) in [6, 6.07) is 14.1. The molecule has 5 rings (SSSR count). The normalized spacial score (nSPS) is 14.8. The largest absolute Gasteiger partial charge is 0.459 e. The van der Waals surface area contributed by atoms with E-state index in [1.54, 1.807) is 6.92 Å². The number of carbonyl (C=O) groups excluding carboxylic acids is 2. The van der Waals surface area contributed by atoms with Gasteiger partial charge < -0.3 is 29.7 Å². The number of para-hydroxylation sites is 1. The lowest BCUT2D eigenvalue weighted by Gasteiger charge is -2.29. The molecule has 0 radical (unpaired) electrons. The standard InChI is InChI=1S/C34H39N7O3/c1-7-11-31(42)37-28-18-23(15-16-30(28)40(5)20-24-12-10-17-39(24)4)36-34-35-19-26(33(43)44-22(2)3)32(38-34)27-21-41(6)29-14-9-8-13-25(27)29/h8-9,13-16,18-19,21-22,24H,10,12,17,20H2,1-6H3,(H,37,42)(H,35,36,38). The third-order valence-corrected chi connectivity index (χ3v) is 7.81. The molecule has 10 heteroatoms. The van der Waals surface area contributed by atoms with Crippen LogP contribution in [0.2, 0.25) is 0 Å². The molecule has 0 aliphatic carbocycles. The van der Waals surface area contributed by atoms with Gasteiger partial charge in [0, 0.05) is 61.2 Å². The van der Waals surface area contributed by atoms with Gasteiger partial charge in [0.1, 0.15) is 5.56 Å². The third-order valence-electron chi connectivity index (χ3n) is 7.81. The molecule has 228 valence electrons. The van der Waals surface area contributed by atoms with Crippen molar-refractivity contribution in [1.29, 1.82) is 0 Å². The molecule has 0 spiro atoms. The maximum absolute atomic E-state index is 13.1. The number of benzene rings is 2. The van der Waals surface area contributed by atoms with Crippen LogP contribution in [-0.4, -0.2) is 70.6 Å². The fourth-order valence-corrected chi connectivity index (χ4v) is 5.67. The fraction of sp³-hybridized carbons (Fsp3) is 0.353. The highest BCUT2D eigenvalue weighted by atomic mass is 16.5. The molecular formula is C34H39N7O3. The van der Waals surface area contributed by atoms with Crippen molar-refractivity contribution in [3.63, 3.8) is 0 Å². The summed E-state index contributed by atoms with van der Waals surface area (Å²) >= 11 is 0. The lowest BCUT2D eigenvalue weighted by atomic mass is 10.1. The number of likely N-dealkylation sites (N-methyl/N-ethyl adjacent to an activating group) is 2. The first kappa shape index (κ1) is 30.6. The van der Waals surface area contributed by atoms with Crippen molar-refractivity contribution in [2.45, 2.75) is 45.8 Å². The predicted octanol–water partition coefficient (Wildman–Crippen LogP) is 5.44. The smallest absolute Gasteiger partial charge is 0.342 e. The van der Waals surface area contributed by atoms with Crippen LogP contribution in [0.3, 0.4) is 0 Å². The van der Waals surface area contributed by atoms with Crippen LogP contribution in [0.1, 0.15) is 44.0 Å². The Labute approximate surface area is 258 Å². The first-order chi connectivity index (χ1) is 21.1. The van der Waals surface area contributed by atoms with E-state index in [1.165, 1.54) is 12.6 Å². The highest BCUT2D eigenvalue weighted by Crippen LogP contribution is 2.34. The number of esters is 1. The zero-order valence-corrected chi connectivity index (χ0v) is 26.1. The fourth-order valence-electron chi connectivity index (χ4n) is 5.67. The molecule has 10 nitrogen and oxygen atoms in total. The molecule has 0 saturated carbocycles. The van der Waals surface area contributed by atoms with Crippen LogP contribution in [0.15, 0.2) is 54.9 Å². The number of hydrogen-bond acceptors (Lipinski definition) is 8. The van der Waals surface area contributed by atoms with Gasteiger partial charge in [-0.15, -0.1) is 0 Å². The van der Waals surface area contributed by atoms with Crippen molar-refractivity contribution in [3.8, 4) is 23.1 Å². The van der Waals surface area contributed by atoms with Crippen molar-refractivity contribution in [1.82, 2.24) is 19.4 Å². The van der Waals surface area contributed by atoms with Crippen LogP contribution in [0.5, 0.6) is 0 Å². The monoisotopic (exact) mass is 593 g/mol. The number of hydrogen-bond donors (Lipinski definition) is 2. The van der Waals surface area contributed by atoms with Gasteiger partial charge in [-0.1, -0.05) is 24.1 Å². The number of anilines is 4. The molecule has 0 bridgehead atoms. The molecule has 4 aromatic rings. The minimum atomic E-state index is -0.489. The Morgan fingerprint density at radius 3 is 2.70 bits per heavy atom. The van der Waals surface area contributed by atoms with Crippen LogP contribution >= 0.6 is 0 Å². The van der Waals surface area contributed by atoms with E-state index >= 15 is 0 Å². The Kier molecular flexibility index (Phi) is 9.16. The highest BCUT2D eigenvalue weighted by molar-refractivity contribution is 6.06. The molecule has 1 atom stereocenters. The van der Waals surface area contributed by atoms with E-state index in [2.05, 4.69) is 44.3 Å². The number of nitrogens with zero attached hydrogens (tertiary/aromatic N) is 5. The van der Waals surface area contributed by atoms with Crippen LogP contribution in [-0.2, 0) is 16.6 Å². The van der Waals surface area contributed by atoms with Crippen LogP contribution in [0.25, 0.3) is 22.2 Å². The molecule has 1 unspecified atom stereocenters. The first-order valence-corrected chi connectivity index (χ1v) is 14.8. The quantitative estimate of drug-likeness (QED) is 0.195. The summed E-state index contributed by atoms with van der Waals surface area (Å²) in [5.41, 5.74) is 4.72. The van der Waals surface area contributed by atoms with Gasteiger partial charge in [-0.25, -0.2) is 14.8 Å². The van der Waals surface area contributed by atoms with Gasteiger partial charge in [-0.3, -0.25) is 4.79 Å². The minimum Gasteiger partial charge on any atom is -0.459 e. The Balaban J connectivity index is 1.51. The summed E-state index contributed by atoms with van der Waals surface area (Å²) in [5.74, 6) is 4.65. The third kappa shape index (κ3) is 6.68. The van der Waals surface area contributed by atoms with Gasteiger partial charge in [0.15, 0.2) is 0 Å². The van der Waals surface area contributed by atoms with Gasteiger partial charge >= 0.3 is 5.97 Å². The van der Waals surface area contributed by atoms with Crippen LogP contribution < -0.4 is 15.5 Å². The van der Waals surface area contributed by atoms with E-state index in [0.717, 1.165) is 41.7 Å². The number of likely N-dealkylation sites (tertiary alicyclic amines) is 1. The summed E-state index contributed by atoms with van der Waals surface area (Å²) < 4.78 is 7.54. The zero-order chi connectivity index (χ0) is 31.4. The molecule has 1 amide bonds. The first-order valence-electron chi connectivity index (χ1n) is 14.8. The van der Waals surface area contributed by atoms with Crippen LogP contribution in [0.4, 0.5) is 23.0 Å². The molecule has 44 heavy (non-hydrogen) atoms. The van der Waals surface area contributed by atoms with Gasteiger partial charge in [0.2, 0.25) is 5.95 Å². The van der Waals surface area contributed by atoms with Crippen molar-refractivity contribution < 1.29 is 14.3 Å². The van der Waals surface area contributed by atoms with E-state index in [0.29, 0.717) is 29.1 Å².